The minimum absolute atomic E-state index is 0.281. The number of methoxy groups -OCH3 is 1. The van der Waals surface area contributed by atoms with Gasteiger partial charge in [0.15, 0.2) is 5.52 Å². The van der Waals surface area contributed by atoms with Crippen molar-refractivity contribution in [3.05, 3.63) is 81.4 Å². The van der Waals surface area contributed by atoms with Gasteiger partial charge in [0.25, 0.3) is 5.56 Å². The Balaban J connectivity index is 1.69. The number of aryl methyl sites for hydroxylation is 3. The lowest BCUT2D eigenvalue weighted by Crippen LogP contribution is -2.38. The average molecular weight is 460 g/mol. The van der Waals surface area contributed by atoms with Crippen molar-refractivity contribution in [1.29, 1.82) is 0 Å². The summed E-state index contributed by atoms with van der Waals surface area (Å²) in [5.41, 5.74) is 4.28. The molecule has 0 saturated carbocycles. The fourth-order valence-electron chi connectivity index (χ4n) is 4.22. The van der Waals surface area contributed by atoms with Crippen LogP contribution in [0.2, 0.25) is 0 Å². The van der Waals surface area contributed by atoms with E-state index in [9.17, 15) is 9.59 Å². The molecule has 34 heavy (non-hydrogen) atoms. The minimum Gasteiger partial charge on any atom is -0.496 e. The summed E-state index contributed by atoms with van der Waals surface area (Å²) in [5, 5.41) is 12.8. The largest absolute Gasteiger partial charge is 0.496 e. The van der Waals surface area contributed by atoms with Crippen LogP contribution < -0.4 is 15.6 Å². The lowest BCUT2D eigenvalue weighted by atomic mass is 10.1. The van der Waals surface area contributed by atoms with Crippen LogP contribution in [-0.2, 0) is 11.3 Å². The molecule has 0 aliphatic heterocycles. The first-order valence-corrected chi connectivity index (χ1v) is 11.3. The van der Waals surface area contributed by atoms with E-state index in [2.05, 4.69) is 15.5 Å². The highest BCUT2D eigenvalue weighted by Gasteiger charge is 2.25. The molecule has 0 saturated heterocycles. The molecule has 8 heteroatoms. The molecule has 0 unspecified atom stereocenters. The Hall–Kier alpha value is -3.94. The Morgan fingerprint density at radius 1 is 1.06 bits per heavy atom. The summed E-state index contributed by atoms with van der Waals surface area (Å²) in [5.74, 6) is 0.414. The van der Waals surface area contributed by atoms with Crippen molar-refractivity contribution in [2.75, 3.05) is 7.11 Å². The Bertz CT molecular complexity index is 1400. The van der Waals surface area contributed by atoms with Crippen molar-refractivity contribution in [2.24, 2.45) is 0 Å². The van der Waals surface area contributed by atoms with E-state index in [4.69, 9.17) is 4.74 Å². The molecule has 4 rings (SSSR count). The van der Waals surface area contributed by atoms with Gasteiger partial charge in [-0.15, -0.1) is 0 Å². The quantitative estimate of drug-likeness (QED) is 0.454. The Labute approximate surface area is 198 Å². The number of amides is 1. The number of nitrogens with one attached hydrogen (secondary N) is 1. The number of hydrogen-bond acceptors (Lipinski definition) is 5. The number of aromatic nitrogens is 4. The number of nitrogens with zero attached hydrogens (tertiary/aromatic N) is 4. The molecule has 2 heterocycles. The third-order valence-electron chi connectivity index (χ3n) is 6.06. The fraction of sp³-hybridized carbons (Fsp3) is 0.308. The minimum atomic E-state index is -0.755. The summed E-state index contributed by atoms with van der Waals surface area (Å²) >= 11 is 0. The molecular formula is C26H29N5O3. The zero-order chi connectivity index (χ0) is 24.4. The van der Waals surface area contributed by atoms with Gasteiger partial charge in [0.1, 0.15) is 11.8 Å². The molecule has 0 fully saturated rings. The summed E-state index contributed by atoms with van der Waals surface area (Å²) in [6, 6.07) is 14.7. The molecule has 4 aromatic rings. The van der Waals surface area contributed by atoms with Crippen molar-refractivity contribution in [3.8, 4) is 11.4 Å². The number of ether oxygens (including phenoxy) is 1. The molecular weight excluding hydrogens is 430 g/mol. The second kappa shape index (κ2) is 9.51. The third-order valence-corrected chi connectivity index (χ3v) is 6.06. The predicted molar refractivity (Wildman–Crippen MR) is 132 cm³/mol. The first-order valence-electron chi connectivity index (χ1n) is 11.3. The van der Waals surface area contributed by atoms with E-state index >= 15 is 0 Å². The van der Waals surface area contributed by atoms with Gasteiger partial charge in [0.05, 0.1) is 29.6 Å². The number of carbonyl (C=O) groups is 1. The first kappa shape index (κ1) is 23.2. The summed E-state index contributed by atoms with van der Waals surface area (Å²) in [6.07, 6.45) is 0.410. The molecule has 1 atom stereocenters. The van der Waals surface area contributed by atoms with E-state index in [1.54, 1.807) is 11.8 Å². The summed E-state index contributed by atoms with van der Waals surface area (Å²) in [6.45, 7) is 7.93. The first-order chi connectivity index (χ1) is 16.3. The van der Waals surface area contributed by atoms with Gasteiger partial charge in [-0.2, -0.15) is 10.2 Å². The summed E-state index contributed by atoms with van der Waals surface area (Å²) in [7, 11) is 1.59. The van der Waals surface area contributed by atoms with Gasteiger partial charge in [0, 0.05) is 12.1 Å². The Morgan fingerprint density at radius 2 is 1.76 bits per heavy atom. The number of para-hydroxylation sites is 1. The predicted octanol–water partition coefficient (Wildman–Crippen LogP) is 3.78. The molecule has 0 bridgehead atoms. The fourth-order valence-corrected chi connectivity index (χ4v) is 4.22. The Kier molecular flexibility index (Phi) is 6.49. The molecule has 0 spiro atoms. The molecule has 0 aliphatic rings. The van der Waals surface area contributed by atoms with Gasteiger partial charge in [0.2, 0.25) is 5.91 Å². The molecule has 2 aromatic carbocycles. The normalized spacial score (nSPS) is 12.0. The number of rotatable bonds is 7. The molecule has 1 N–H and O–H groups in total. The Morgan fingerprint density at radius 3 is 2.44 bits per heavy atom. The van der Waals surface area contributed by atoms with E-state index in [1.807, 2.05) is 76.2 Å². The van der Waals surface area contributed by atoms with Crippen LogP contribution in [0.4, 0.5) is 0 Å². The number of carbonyl (C=O) groups excluding carboxylic acids is 1. The topological polar surface area (TPSA) is 91.0 Å². The number of fused-ring (bicyclic) bond motifs is 1. The van der Waals surface area contributed by atoms with Gasteiger partial charge in [-0.1, -0.05) is 42.8 Å². The zero-order valence-corrected chi connectivity index (χ0v) is 20.1. The van der Waals surface area contributed by atoms with Gasteiger partial charge >= 0.3 is 0 Å². The smallest absolute Gasteiger partial charge is 0.295 e. The van der Waals surface area contributed by atoms with E-state index in [0.29, 0.717) is 28.8 Å². The molecule has 8 nitrogen and oxygen atoms in total. The lowest BCUT2D eigenvalue weighted by Gasteiger charge is -2.18. The van der Waals surface area contributed by atoms with Crippen molar-refractivity contribution in [1.82, 2.24) is 24.9 Å². The van der Waals surface area contributed by atoms with Crippen LogP contribution in [-0.4, -0.2) is 32.6 Å². The van der Waals surface area contributed by atoms with Gasteiger partial charge in [-0.3, -0.25) is 9.59 Å². The van der Waals surface area contributed by atoms with Crippen LogP contribution in [0, 0.1) is 20.8 Å². The second-order valence-corrected chi connectivity index (χ2v) is 8.35. The van der Waals surface area contributed by atoms with Crippen molar-refractivity contribution in [3.63, 3.8) is 0 Å². The van der Waals surface area contributed by atoms with E-state index in [1.165, 1.54) is 4.68 Å². The number of hydrogen-bond donors (Lipinski definition) is 1. The van der Waals surface area contributed by atoms with Crippen molar-refractivity contribution in [2.45, 2.75) is 46.7 Å². The molecule has 0 radical (unpaired) electrons. The lowest BCUT2D eigenvalue weighted by molar-refractivity contribution is -0.125. The monoisotopic (exact) mass is 459 g/mol. The van der Waals surface area contributed by atoms with Crippen LogP contribution in [0.15, 0.2) is 53.3 Å². The highest BCUT2D eigenvalue weighted by molar-refractivity contribution is 5.84. The molecule has 2 aromatic heterocycles. The standard InChI is InChI=1S/C26H29N5O3/c1-6-21(25(32)27-15-19-9-7-8-10-22(19)34-5)31-26(33)24-23(17(3)28-31)18(4)30(29-24)20-13-11-16(2)12-14-20/h7-14,21H,6,15H2,1-5H3,(H,27,32)/t21-/m1/s1. The number of benzene rings is 2. The average Bonchev–Trinajstić information content (AvgIpc) is 3.19. The van der Waals surface area contributed by atoms with Crippen molar-refractivity contribution >= 4 is 16.8 Å². The van der Waals surface area contributed by atoms with Crippen molar-refractivity contribution < 1.29 is 9.53 Å². The van der Waals surface area contributed by atoms with Crippen LogP contribution in [0.5, 0.6) is 5.75 Å². The van der Waals surface area contributed by atoms with E-state index in [0.717, 1.165) is 22.5 Å². The van der Waals surface area contributed by atoms with Crippen LogP contribution in [0.1, 0.15) is 41.9 Å². The maximum Gasteiger partial charge on any atom is 0.295 e. The zero-order valence-electron chi connectivity index (χ0n) is 20.1. The highest BCUT2D eigenvalue weighted by atomic mass is 16.5. The molecule has 0 aliphatic carbocycles. The van der Waals surface area contributed by atoms with Gasteiger partial charge in [-0.05, 0) is 45.4 Å². The second-order valence-electron chi connectivity index (χ2n) is 8.35. The maximum absolute atomic E-state index is 13.4. The summed E-state index contributed by atoms with van der Waals surface area (Å²) < 4.78 is 8.38. The van der Waals surface area contributed by atoms with Gasteiger partial charge in [-0.25, -0.2) is 9.36 Å². The van der Waals surface area contributed by atoms with E-state index < -0.39 is 6.04 Å². The SMILES string of the molecule is CC[C@H](C(=O)NCc1ccccc1OC)n1nc(C)c2c(C)n(-c3ccc(C)cc3)nc2c1=O. The van der Waals surface area contributed by atoms with E-state index in [-0.39, 0.29) is 18.0 Å². The maximum atomic E-state index is 13.4. The highest BCUT2D eigenvalue weighted by Crippen LogP contribution is 2.23. The van der Waals surface area contributed by atoms with Crippen LogP contribution in [0.3, 0.4) is 0 Å². The van der Waals surface area contributed by atoms with Crippen LogP contribution in [0.25, 0.3) is 16.6 Å². The van der Waals surface area contributed by atoms with Crippen LogP contribution >= 0.6 is 0 Å². The summed E-state index contributed by atoms with van der Waals surface area (Å²) in [4.78, 5) is 26.5. The molecule has 1 amide bonds. The van der Waals surface area contributed by atoms with Gasteiger partial charge < -0.3 is 10.1 Å². The third kappa shape index (κ3) is 4.19. The molecule has 176 valence electrons.